The van der Waals surface area contributed by atoms with Crippen LogP contribution in [0.2, 0.25) is 0 Å². The van der Waals surface area contributed by atoms with Gasteiger partial charge >= 0.3 is 0 Å². The number of para-hydroxylation sites is 3. The molecule has 6 aromatic rings. The van der Waals surface area contributed by atoms with Crippen molar-refractivity contribution in [2.45, 2.75) is 0 Å². The van der Waals surface area contributed by atoms with Gasteiger partial charge in [-0.05, 0) is 59.7 Å². The summed E-state index contributed by atoms with van der Waals surface area (Å²) in [5.41, 5.74) is 7.25. The molecule has 0 aliphatic carbocycles. The predicted molar refractivity (Wildman–Crippen MR) is 143 cm³/mol. The molecular weight excluding hydrogens is 442 g/mol. The molecule has 0 fully saturated rings. The van der Waals surface area contributed by atoms with Crippen molar-refractivity contribution in [1.82, 2.24) is 0 Å². The maximum atomic E-state index is 9.41. The summed E-state index contributed by atoms with van der Waals surface area (Å²) in [4.78, 5) is 2.19. The molecule has 6 rings (SSSR count). The summed E-state index contributed by atoms with van der Waals surface area (Å²) in [7, 11) is 0. The molecule has 4 nitrogen and oxygen atoms in total. The zero-order chi connectivity index (χ0) is 24.5. The van der Waals surface area contributed by atoms with Crippen molar-refractivity contribution in [2.75, 3.05) is 4.90 Å². The Morgan fingerprint density at radius 3 is 2.00 bits per heavy atom. The number of benzene rings is 5. The third kappa shape index (κ3) is 3.55. The monoisotopic (exact) mass is 461 g/mol. The first kappa shape index (κ1) is 21.2. The molecule has 168 valence electrons. The molecule has 0 aliphatic rings. The lowest BCUT2D eigenvalue weighted by Gasteiger charge is -2.25. The number of furan rings is 1. The first-order valence-corrected chi connectivity index (χ1v) is 11.6. The molecule has 0 radical (unpaired) electrons. The number of rotatable bonds is 4. The van der Waals surface area contributed by atoms with Gasteiger partial charge in [-0.1, -0.05) is 66.7 Å². The van der Waals surface area contributed by atoms with Gasteiger partial charge in [0.1, 0.15) is 17.7 Å². The van der Waals surface area contributed by atoms with Crippen molar-refractivity contribution in [3.8, 4) is 23.3 Å². The highest BCUT2D eigenvalue weighted by atomic mass is 16.3. The fraction of sp³-hybridized carbons (Fsp3) is 0. The van der Waals surface area contributed by atoms with Crippen molar-refractivity contribution in [2.24, 2.45) is 0 Å². The lowest BCUT2D eigenvalue weighted by atomic mass is 9.99. The fourth-order valence-corrected chi connectivity index (χ4v) is 4.63. The standard InChI is InChI=1S/C32H19N3O/c33-20-24-14-13-23(19-25(24)21-34)22-15-17-27(18-16-22)35(26-7-2-1-3-8-26)30-11-6-10-29-28-9-4-5-12-31(28)36-32(29)30/h1-19H. The van der Waals surface area contributed by atoms with Crippen molar-refractivity contribution < 1.29 is 4.42 Å². The molecule has 0 bridgehead atoms. The number of fused-ring (bicyclic) bond motifs is 3. The summed E-state index contributed by atoms with van der Waals surface area (Å²) in [6, 6.07) is 42.2. The van der Waals surface area contributed by atoms with Crippen LogP contribution in [0.25, 0.3) is 33.1 Å². The summed E-state index contributed by atoms with van der Waals surface area (Å²) in [5, 5.41) is 20.8. The van der Waals surface area contributed by atoms with Gasteiger partial charge in [0.2, 0.25) is 0 Å². The summed E-state index contributed by atoms with van der Waals surface area (Å²) < 4.78 is 6.35. The molecule has 0 spiro atoms. The number of nitrogens with zero attached hydrogens (tertiary/aromatic N) is 3. The Hall–Kier alpha value is -5.32. The van der Waals surface area contributed by atoms with Gasteiger partial charge in [-0.2, -0.15) is 10.5 Å². The first-order chi connectivity index (χ1) is 17.8. The average molecular weight is 462 g/mol. The second-order valence-electron chi connectivity index (χ2n) is 8.45. The summed E-state index contributed by atoms with van der Waals surface area (Å²) in [5.74, 6) is 0. The lowest BCUT2D eigenvalue weighted by Crippen LogP contribution is -2.10. The van der Waals surface area contributed by atoms with Crippen molar-refractivity contribution in [3.63, 3.8) is 0 Å². The topological polar surface area (TPSA) is 64.0 Å². The maximum absolute atomic E-state index is 9.41. The molecule has 0 unspecified atom stereocenters. The van der Waals surface area contributed by atoms with E-state index >= 15 is 0 Å². The number of anilines is 3. The minimum atomic E-state index is 0.376. The molecule has 0 saturated carbocycles. The normalized spacial score (nSPS) is 10.7. The van der Waals surface area contributed by atoms with E-state index in [1.807, 2.05) is 54.6 Å². The Bertz CT molecular complexity index is 1800. The van der Waals surface area contributed by atoms with E-state index in [0.29, 0.717) is 11.1 Å². The van der Waals surface area contributed by atoms with Gasteiger partial charge in [0, 0.05) is 22.1 Å². The van der Waals surface area contributed by atoms with E-state index < -0.39 is 0 Å². The van der Waals surface area contributed by atoms with Gasteiger partial charge in [0.05, 0.1) is 16.8 Å². The molecule has 0 saturated heterocycles. The van der Waals surface area contributed by atoms with Crippen molar-refractivity contribution in [3.05, 3.63) is 126 Å². The summed E-state index contributed by atoms with van der Waals surface area (Å²) >= 11 is 0. The minimum Gasteiger partial charge on any atom is -0.454 e. The van der Waals surface area contributed by atoms with Crippen LogP contribution in [-0.4, -0.2) is 0 Å². The Balaban J connectivity index is 1.49. The highest BCUT2D eigenvalue weighted by Gasteiger charge is 2.19. The quantitative estimate of drug-likeness (QED) is 0.264. The van der Waals surface area contributed by atoms with Crippen LogP contribution in [0.4, 0.5) is 17.1 Å². The van der Waals surface area contributed by atoms with Gasteiger partial charge in [0.25, 0.3) is 0 Å². The largest absolute Gasteiger partial charge is 0.454 e. The van der Waals surface area contributed by atoms with Crippen LogP contribution >= 0.6 is 0 Å². The zero-order valence-corrected chi connectivity index (χ0v) is 19.2. The number of nitriles is 2. The molecule has 0 aliphatic heterocycles. The van der Waals surface area contributed by atoms with Gasteiger partial charge in [-0.3, -0.25) is 0 Å². The van der Waals surface area contributed by atoms with Gasteiger partial charge in [-0.15, -0.1) is 0 Å². The molecule has 4 heteroatoms. The SMILES string of the molecule is N#Cc1ccc(-c2ccc(N(c3ccccc3)c3cccc4c3oc3ccccc34)cc2)cc1C#N. The van der Waals surface area contributed by atoms with Crippen LogP contribution in [0, 0.1) is 22.7 Å². The van der Waals surface area contributed by atoms with E-state index in [1.165, 1.54) is 0 Å². The Morgan fingerprint density at radius 1 is 0.556 bits per heavy atom. The first-order valence-electron chi connectivity index (χ1n) is 11.6. The van der Waals surface area contributed by atoms with Crippen molar-refractivity contribution >= 4 is 39.0 Å². The van der Waals surface area contributed by atoms with Crippen LogP contribution in [0.3, 0.4) is 0 Å². The number of hydrogen-bond acceptors (Lipinski definition) is 4. The molecule has 36 heavy (non-hydrogen) atoms. The van der Waals surface area contributed by atoms with Crippen LogP contribution < -0.4 is 4.90 Å². The van der Waals surface area contributed by atoms with E-state index in [-0.39, 0.29) is 0 Å². The molecule has 1 aromatic heterocycles. The third-order valence-corrected chi connectivity index (χ3v) is 6.36. The van der Waals surface area contributed by atoms with Crippen LogP contribution in [0.15, 0.2) is 120 Å². The average Bonchev–Trinajstić information content (AvgIpc) is 3.33. The lowest BCUT2D eigenvalue weighted by molar-refractivity contribution is 0.669. The highest BCUT2D eigenvalue weighted by Crippen LogP contribution is 2.42. The maximum Gasteiger partial charge on any atom is 0.159 e. The van der Waals surface area contributed by atoms with Crippen LogP contribution in [0.1, 0.15) is 11.1 Å². The van der Waals surface area contributed by atoms with Gasteiger partial charge < -0.3 is 9.32 Å². The van der Waals surface area contributed by atoms with E-state index in [4.69, 9.17) is 4.42 Å². The van der Waals surface area contributed by atoms with E-state index in [1.54, 1.807) is 12.1 Å². The number of hydrogen-bond donors (Lipinski definition) is 0. The third-order valence-electron chi connectivity index (χ3n) is 6.36. The molecule has 0 amide bonds. The van der Waals surface area contributed by atoms with Crippen LogP contribution in [0.5, 0.6) is 0 Å². The summed E-state index contributed by atoms with van der Waals surface area (Å²) in [6.07, 6.45) is 0. The van der Waals surface area contributed by atoms with Gasteiger partial charge in [-0.25, -0.2) is 0 Å². The Labute approximate surface area is 208 Å². The zero-order valence-electron chi connectivity index (χ0n) is 19.2. The van der Waals surface area contributed by atoms with Crippen LogP contribution in [-0.2, 0) is 0 Å². The van der Waals surface area contributed by atoms with E-state index in [9.17, 15) is 10.5 Å². The van der Waals surface area contributed by atoms with E-state index in [0.717, 1.165) is 50.1 Å². The molecule has 0 N–H and O–H groups in total. The van der Waals surface area contributed by atoms with Gasteiger partial charge in [0.15, 0.2) is 5.58 Å². The molecule has 1 heterocycles. The summed E-state index contributed by atoms with van der Waals surface area (Å²) in [6.45, 7) is 0. The molecule has 5 aromatic carbocycles. The smallest absolute Gasteiger partial charge is 0.159 e. The second kappa shape index (κ2) is 8.80. The fourth-order valence-electron chi connectivity index (χ4n) is 4.63. The molecular formula is C32H19N3O. The Kier molecular flexibility index (Phi) is 5.19. The molecule has 0 atom stereocenters. The minimum absolute atomic E-state index is 0.376. The second-order valence-corrected chi connectivity index (χ2v) is 8.45. The predicted octanol–water partition coefficient (Wildman–Crippen LogP) is 8.47. The van der Waals surface area contributed by atoms with Crippen molar-refractivity contribution in [1.29, 1.82) is 10.5 Å². The van der Waals surface area contributed by atoms with E-state index in [2.05, 4.69) is 65.6 Å². The highest BCUT2D eigenvalue weighted by molar-refractivity contribution is 6.10. The Morgan fingerprint density at radius 2 is 1.22 bits per heavy atom.